The van der Waals surface area contributed by atoms with Gasteiger partial charge in [-0.15, -0.1) is 0 Å². The molecule has 3 heteroatoms. The van der Waals surface area contributed by atoms with E-state index in [0.717, 1.165) is 25.2 Å². The zero-order chi connectivity index (χ0) is 13.3. The van der Waals surface area contributed by atoms with Gasteiger partial charge in [-0.3, -0.25) is 0 Å². The fourth-order valence-electron chi connectivity index (χ4n) is 2.91. The van der Waals surface area contributed by atoms with Crippen LogP contribution in [-0.4, -0.2) is 50.8 Å². The van der Waals surface area contributed by atoms with Crippen LogP contribution in [0.4, 0.5) is 0 Å². The van der Waals surface area contributed by atoms with Gasteiger partial charge >= 0.3 is 0 Å². The van der Waals surface area contributed by atoms with Crippen LogP contribution in [0, 0.1) is 5.92 Å². The Morgan fingerprint density at radius 2 is 1.74 bits per heavy atom. The van der Waals surface area contributed by atoms with Crippen LogP contribution in [-0.2, 0) is 4.74 Å². The highest BCUT2D eigenvalue weighted by Crippen LogP contribution is 2.18. The summed E-state index contributed by atoms with van der Waals surface area (Å²) in [5.41, 5.74) is 0. The lowest BCUT2D eigenvalue weighted by Gasteiger charge is -2.27. The van der Waals surface area contributed by atoms with Crippen molar-refractivity contribution in [3.63, 3.8) is 0 Å². The number of nitrogens with one attached hydrogen (secondary N) is 1. The fraction of sp³-hybridized carbons (Fsp3) is 1.00. The Balaban J connectivity index is 1.36. The Labute approximate surface area is 119 Å². The molecular formula is C16H32N2O. The summed E-state index contributed by atoms with van der Waals surface area (Å²) in [6.07, 6.45) is 10.9. The molecule has 0 unspecified atom stereocenters. The number of unbranched alkanes of at least 4 members (excludes halogenated alkanes) is 3. The number of ether oxygens (including phenoxy) is 1. The minimum Gasteiger partial charge on any atom is -0.381 e. The predicted octanol–water partition coefficient (Wildman–Crippen LogP) is 2.66. The third-order valence-electron chi connectivity index (χ3n) is 4.39. The summed E-state index contributed by atoms with van der Waals surface area (Å²) < 4.78 is 5.41. The molecule has 1 N–H and O–H groups in total. The summed E-state index contributed by atoms with van der Waals surface area (Å²) in [7, 11) is 2.28. The molecule has 1 aliphatic heterocycles. The first kappa shape index (κ1) is 15.3. The van der Waals surface area contributed by atoms with E-state index in [2.05, 4.69) is 17.3 Å². The lowest BCUT2D eigenvalue weighted by molar-refractivity contribution is 0.0556. The number of nitrogens with zero attached hydrogens (tertiary/aromatic N) is 1. The van der Waals surface area contributed by atoms with Crippen molar-refractivity contribution >= 4 is 0 Å². The fourth-order valence-corrected chi connectivity index (χ4v) is 2.91. The Morgan fingerprint density at radius 3 is 2.47 bits per heavy atom. The zero-order valence-corrected chi connectivity index (χ0v) is 12.7. The van der Waals surface area contributed by atoms with Crippen molar-refractivity contribution < 1.29 is 4.74 Å². The smallest absolute Gasteiger partial charge is 0.0469 e. The van der Waals surface area contributed by atoms with E-state index in [1.165, 1.54) is 71.0 Å². The SMILES string of the molecule is CN(CCCCCCNC1CC1)CC1CCOCC1. The molecule has 0 amide bonds. The van der Waals surface area contributed by atoms with Crippen molar-refractivity contribution in [1.82, 2.24) is 10.2 Å². The normalized spacial score (nSPS) is 21.2. The minimum atomic E-state index is 0.876. The molecule has 0 spiro atoms. The van der Waals surface area contributed by atoms with E-state index in [4.69, 9.17) is 4.74 Å². The van der Waals surface area contributed by atoms with Crippen LogP contribution in [0.25, 0.3) is 0 Å². The van der Waals surface area contributed by atoms with Crippen LogP contribution in [0.5, 0.6) is 0 Å². The van der Waals surface area contributed by atoms with Crippen LogP contribution in [0.15, 0.2) is 0 Å². The summed E-state index contributed by atoms with van der Waals surface area (Å²) in [5, 5.41) is 3.59. The molecule has 0 bridgehead atoms. The Morgan fingerprint density at radius 1 is 1.00 bits per heavy atom. The summed E-state index contributed by atoms with van der Waals surface area (Å²) in [4.78, 5) is 2.53. The maximum absolute atomic E-state index is 5.41. The largest absolute Gasteiger partial charge is 0.381 e. The molecule has 1 saturated heterocycles. The average Bonchev–Trinajstić information content (AvgIpc) is 3.23. The van der Waals surface area contributed by atoms with Gasteiger partial charge in [0.05, 0.1) is 0 Å². The van der Waals surface area contributed by atoms with Crippen LogP contribution in [0.3, 0.4) is 0 Å². The van der Waals surface area contributed by atoms with Gasteiger partial charge < -0.3 is 15.0 Å². The molecule has 19 heavy (non-hydrogen) atoms. The monoisotopic (exact) mass is 268 g/mol. The summed E-state index contributed by atoms with van der Waals surface area (Å²) in [5.74, 6) is 0.876. The maximum atomic E-state index is 5.41. The lowest BCUT2D eigenvalue weighted by Crippen LogP contribution is -2.30. The van der Waals surface area contributed by atoms with E-state index in [1.807, 2.05) is 0 Å². The van der Waals surface area contributed by atoms with Crippen molar-refractivity contribution in [3.05, 3.63) is 0 Å². The van der Waals surface area contributed by atoms with Gasteiger partial charge in [0.15, 0.2) is 0 Å². The highest BCUT2D eigenvalue weighted by molar-refractivity contribution is 4.80. The molecule has 1 aliphatic carbocycles. The number of hydrogen-bond acceptors (Lipinski definition) is 3. The van der Waals surface area contributed by atoms with Gasteiger partial charge in [0.2, 0.25) is 0 Å². The number of rotatable bonds is 10. The zero-order valence-electron chi connectivity index (χ0n) is 12.7. The van der Waals surface area contributed by atoms with Gasteiger partial charge in [0, 0.05) is 25.8 Å². The van der Waals surface area contributed by atoms with Gasteiger partial charge in [-0.25, -0.2) is 0 Å². The van der Waals surface area contributed by atoms with Gasteiger partial charge in [0.1, 0.15) is 0 Å². The molecule has 1 heterocycles. The highest BCUT2D eigenvalue weighted by atomic mass is 16.5. The second-order valence-electron chi connectivity index (χ2n) is 6.46. The molecule has 0 atom stereocenters. The van der Waals surface area contributed by atoms with Crippen molar-refractivity contribution in [2.24, 2.45) is 5.92 Å². The predicted molar refractivity (Wildman–Crippen MR) is 80.5 cm³/mol. The first-order valence-electron chi connectivity index (χ1n) is 8.34. The highest BCUT2D eigenvalue weighted by Gasteiger charge is 2.19. The summed E-state index contributed by atoms with van der Waals surface area (Å²) >= 11 is 0. The molecule has 0 aromatic carbocycles. The third kappa shape index (κ3) is 7.28. The van der Waals surface area contributed by atoms with Crippen LogP contribution in [0.1, 0.15) is 51.4 Å². The van der Waals surface area contributed by atoms with Crippen molar-refractivity contribution in [3.8, 4) is 0 Å². The molecule has 2 aliphatic rings. The van der Waals surface area contributed by atoms with E-state index >= 15 is 0 Å². The third-order valence-corrected chi connectivity index (χ3v) is 4.39. The Kier molecular flexibility index (Phi) is 7.18. The van der Waals surface area contributed by atoms with Crippen molar-refractivity contribution in [2.75, 3.05) is 39.9 Å². The van der Waals surface area contributed by atoms with E-state index < -0.39 is 0 Å². The van der Waals surface area contributed by atoms with Gasteiger partial charge in [0.25, 0.3) is 0 Å². The first-order chi connectivity index (χ1) is 9.34. The maximum Gasteiger partial charge on any atom is 0.0469 e. The molecule has 1 saturated carbocycles. The minimum absolute atomic E-state index is 0.876. The van der Waals surface area contributed by atoms with Crippen LogP contribution >= 0.6 is 0 Å². The van der Waals surface area contributed by atoms with E-state index in [0.29, 0.717) is 0 Å². The quantitative estimate of drug-likeness (QED) is 0.617. The first-order valence-corrected chi connectivity index (χ1v) is 8.34. The Bertz CT molecular complexity index is 225. The van der Waals surface area contributed by atoms with Crippen molar-refractivity contribution in [1.29, 1.82) is 0 Å². The summed E-state index contributed by atoms with van der Waals surface area (Å²) in [6, 6.07) is 0.880. The average molecular weight is 268 g/mol. The number of hydrogen-bond donors (Lipinski definition) is 1. The molecular weight excluding hydrogens is 236 g/mol. The molecule has 112 valence electrons. The molecule has 0 aromatic rings. The van der Waals surface area contributed by atoms with Crippen LogP contribution in [0.2, 0.25) is 0 Å². The van der Waals surface area contributed by atoms with E-state index in [-0.39, 0.29) is 0 Å². The van der Waals surface area contributed by atoms with E-state index in [1.54, 1.807) is 0 Å². The van der Waals surface area contributed by atoms with Crippen molar-refractivity contribution in [2.45, 2.75) is 57.4 Å². The lowest BCUT2D eigenvalue weighted by atomic mass is 10.00. The van der Waals surface area contributed by atoms with Gasteiger partial charge in [-0.2, -0.15) is 0 Å². The van der Waals surface area contributed by atoms with Gasteiger partial charge in [-0.1, -0.05) is 12.8 Å². The molecule has 2 rings (SSSR count). The second-order valence-corrected chi connectivity index (χ2v) is 6.46. The molecule has 0 aromatic heterocycles. The van der Waals surface area contributed by atoms with Crippen LogP contribution < -0.4 is 5.32 Å². The van der Waals surface area contributed by atoms with E-state index in [9.17, 15) is 0 Å². The van der Waals surface area contributed by atoms with Gasteiger partial charge in [-0.05, 0) is 64.6 Å². The second kappa shape index (κ2) is 8.93. The Hall–Kier alpha value is -0.120. The summed E-state index contributed by atoms with van der Waals surface area (Å²) in [6.45, 7) is 5.74. The topological polar surface area (TPSA) is 24.5 Å². The molecule has 0 radical (unpaired) electrons. The molecule has 3 nitrogen and oxygen atoms in total. The molecule has 2 fully saturated rings. The standard InChI is InChI=1S/C16H32N2O/c1-18(14-15-8-12-19-13-9-15)11-5-3-2-4-10-17-16-6-7-16/h15-17H,2-14H2,1H3.